The van der Waals surface area contributed by atoms with E-state index in [1.165, 1.54) is 30.5 Å². The number of halogens is 3. The summed E-state index contributed by atoms with van der Waals surface area (Å²) in [6.07, 6.45) is -1.44. The molecule has 138 valence electrons. The number of alkyl halides is 3. The van der Waals surface area contributed by atoms with E-state index < -0.39 is 17.6 Å². The summed E-state index contributed by atoms with van der Waals surface area (Å²) in [6, 6.07) is 13.4. The monoisotopic (exact) mass is 372 g/mol. The van der Waals surface area contributed by atoms with Crippen molar-refractivity contribution in [3.05, 3.63) is 83.9 Å². The van der Waals surface area contributed by atoms with Gasteiger partial charge < -0.3 is 10.6 Å². The van der Waals surface area contributed by atoms with E-state index in [0.717, 1.165) is 11.8 Å². The van der Waals surface area contributed by atoms with Gasteiger partial charge in [0.05, 0.1) is 35.4 Å². The van der Waals surface area contributed by atoms with Crippen LogP contribution >= 0.6 is 0 Å². The van der Waals surface area contributed by atoms with Crippen LogP contribution in [0.4, 0.5) is 24.5 Å². The summed E-state index contributed by atoms with van der Waals surface area (Å²) in [5, 5.41) is 5.36. The maximum Gasteiger partial charge on any atom is 0.418 e. The minimum absolute atomic E-state index is 0.00960. The zero-order chi connectivity index (χ0) is 19.3. The largest absolute Gasteiger partial charge is 0.418 e. The van der Waals surface area contributed by atoms with Gasteiger partial charge in [0.25, 0.3) is 5.91 Å². The summed E-state index contributed by atoms with van der Waals surface area (Å²) in [7, 11) is 0. The van der Waals surface area contributed by atoms with E-state index in [9.17, 15) is 18.0 Å². The van der Waals surface area contributed by atoms with Crippen molar-refractivity contribution in [1.82, 2.24) is 9.97 Å². The van der Waals surface area contributed by atoms with E-state index >= 15 is 0 Å². The molecule has 0 saturated carbocycles. The molecule has 1 amide bonds. The number of hydrogen-bond acceptors (Lipinski definition) is 4. The zero-order valence-corrected chi connectivity index (χ0v) is 14.0. The van der Waals surface area contributed by atoms with Crippen molar-refractivity contribution >= 4 is 17.3 Å². The van der Waals surface area contributed by atoms with E-state index in [1.54, 1.807) is 12.3 Å². The highest BCUT2D eigenvalue weighted by Gasteiger charge is 2.33. The number of benzene rings is 1. The lowest BCUT2D eigenvalue weighted by atomic mass is 10.1. The van der Waals surface area contributed by atoms with Crippen LogP contribution in [0.1, 0.15) is 21.7 Å². The Morgan fingerprint density at radius 1 is 0.963 bits per heavy atom. The lowest BCUT2D eigenvalue weighted by Crippen LogP contribution is -2.17. The number of anilines is 2. The van der Waals surface area contributed by atoms with Crippen molar-refractivity contribution in [1.29, 1.82) is 0 Å². The Morgan fingerprint density at radius 2 is 1.74 bits per heavy atom. The van der Waals surface area contributed by atoms with Gasteiger partial charge in [0.15, 0.2) is 0 Å². The van der Waals surface area contributed by atoms with E-state index in [-0.39, 0.29) is 11.4 Å². The van der Waals surface area contributed by atoms with Crippen molar-refractivity contribution in [2.24, 2.45) is 0 Å². The van der Waals surface area contributed by atoms with Crippen LogP contribution in [0.3, 0.4) is 0 Å². The molecule has 0 aliphatic heterocycles. The summed E-state index contributed by atoms with van der Waals surface area (Å²) in [4.78, 5) is 20.4. The van der Waals surface area contributed by atoms with Crippen LogP contribution in [0, 0.1) is 0 Å². The van der Waals surface area contributed by atoms with E-state index in [4.69, 9.17) is 0 Å². The maximum absolute atomic E-state index is 13.0. The molecule has 3 aromatic rings. The second-order valence-electron chi connectivity index (χ2n) is 5.60. The smallest absolute Gasteiger partial charge is 0.378 e. The predicted octanol–water partition coefficient (Wildman–Crippen LogP) is 4.36. The number of nitrogens with one attached hydrogen (secondary N) is 2. The second kappa shape index (κ2) is 7.86. The van der Waals surface area contributed by atoms with Gasteiger partial charge in [0.1, 0.15) is 5.69 Å². The van der Waals surface area contributed by atoms with Gasteiger partial charge in [-0.3, -0.25) is 9.78 Å². The Hall–Kier alpha value is -3.42. The lowest BCUT2D eigenvalue weighted by Gasteiger charge is -2.13. The summed E-state index contributed by atoms with van der Waals surface area (Å²) in [5.74, 6) is -0.719. The van der Waals surface area contributed by atoms with Crippen molar-refractivity contribution in [2.45, 2.75) is 12.7 Å². The minimum atomic E-state index is -4.56. The Balaban J connectivity index is 1.66. The fraction of sp³-hybridized carbons (Fsp3) is 0.105. The number of carbonyl (C=O) groups excluding carboxylic acids is 1. The average Bonchev–Trinajstić information content (AvgIpc) is 2.67. The molecule has 0 aliphatic rings. The molecule has 0 fully saturated rings. The van der Waals surface area contributed by atoms with E-state index in [2.05, 4.69) is 20.6 Å². The molecule has 2 N–H and O–H groups in total. The SMILES string of the molecule is O=C(Nc1ccccc1C(F)(F)F)c1ccc(NCc2ccccn2)cn1. The molecule has 2 heterocycles. The Kier molecular flexibility index (Phi) is 5.35. The number of nitrogens with zero attached hydrogens (tertiary/aromatic N) is 2. The van der Waals surface area contributed by atoms with Gasteiger partial charge in [-0.05, 0) is 36.4 Å². The van der Waals surface area contributed by atoms with Crippen LogP contribution in [0.15, 0.2) is 67.0 Å². The first-order chi connectivity index (χ1) is 12.9. The topological polar surface area (TPSA) is 66.9 Å². The third-order valence-corrected chi connectivity index (χ3v) is 3.68. The molecule has 0 bridgehead atoms. The van der Waals surface area contributed by atoms with Gasteiger partial charge in [0.2, 0.25) is 0 Å². The first kappa shape index (κ1) is 18.4. The van der Waals surface area contributed by atoms with Gasteiger partial charge in [-0.2, -0.15) is 13.2 Å². The summed E-state index contributed by atoms with van der Waals surface area (Å²) in [6.45, 7) is 0.479. The maximum atomic E-state index is 13.0. The van der Waals surface area contributed by atoms with Crippen LogP contribution in [0.5, 0.6) is 0 Å². The highest BCUT2D eigenvalue weighted by Crippen LogP contribution is 2.34. The van der Waals surface area contributed by atoms with Gasteiger partial charge >= 0.3 is 6.18 Å². The van der Waals surface area contributed by atoms with Gasteiger partial charge in [0, 0.05) is 6.20 Å². The molecule has 0 saturated heterocycles. The molecule has 3 rings (SSSR count). The van der Waals surface area contributed by atoms with Crippen LogP contribution in [0.2, 0.25) is 0 Å². The van der Waals surface area contributed by atoms with Crippen molar-refractivity contribution in [3.63, 3.8) is 0 Å². The van der Waals surface area contributed by atoms with E-state index in [1.807, 2.05) is 18.2 Å². The minimum Gasteiger partial charge on any atom is -0.378 e. The quantitative estimate of drug-likeness (QED) is 0.698. The zero-order valence-electron chi connectivity index (χ0n) is 14.0. The Bertz CT molecular complexity index is 912. The molecule has 1 aromatic carbocycles. The highest BCUT2D eigenvalue weighted by molar-refractivity contribution is 6.03. The molecule has 2 aromatic heterocycles. The van der Waals surface area contributed by atoms with Crippen molar-refractivity contribution in [2.75, 3.05) is 10.6 Å². The fourth-order valence-corrected chi connectivity index (χ4v) is 2.35. The van der Waals surface area contributed by atoms with Gasteiger partial charge in [-0.1, -0.05) is 18.2 Å². The number of carbonyl (C=O) groups is 1. The molecular weight excluding hydrogens is 357 g/mol. The Morgan fingerprint density at radius 3 is 2.41 bits per heavy atom. The first-order valence-electron chi connectivity index (χ1n) is 8.01. The second-order valence-corrected chi connectivity index (χ2v) is 5.60. The lowest BCUT2D eigenvalue weighted by molar-refractivity contribution is -0.136. The van der Waals surface area contributed by atoms with Gasteiger partial charge in [-0.25, -0.2) is 4.98 Å². The average molecular weight is 372 g/mol. The normalized spacial score (nSPS) is 11.1. The molecule has 27 heavy (non-hydrogen) atoms. The molecule has 0 spiro atoms. The summed E-state index contributed by atoms with van der Waals surface area (Å²) >= 11 is 0. The third kappa shape index (κ3) is 4.81. The molecule has 5 nitrogen and oxygen atoms in total. The highest BCUT2D eigenvalue weighted by atomic mass is 19.4. The number of aromatic nitrogens is 2. The first-order valence-corrected chi connectivity index (χ1v) is 8.01. The standard InChI is InChI=1S/C19H15F3N4O/c20-19(21,22)15-6-1-2-7-16(15)26-18(27)17-9-8-14(12-25-17)24-11-13-5-3-4-10-23-13/h1-10,12,24H,11H2,(H,26,27). The number of hydrogen-bond donors (Lipinski definition) is 2. The van der Waals surface area contributed by atoms with E-state index in [0.29, 0.717) is 12.2 Å². The predicted molar refractivity (Wildman–Crippen MR) is 95.2 cm³/mol. The fourth-order valence-electron chi connectivity index (χ4n) is 2.35. The molecule has 0 unspecified atom stereocenters. The van der Waals surface area contributed by atoms with Crippen LogP contribution < -0.4 is 10.6 Å². The van der Waals surface area contributed by atoms with Crippen molar-refractivity contribution < 1.29 is 18.0 Å². The summed E-state index contributed by atoms with van der Waals surface area (Å²) < 4.78 is 39.0. The van der Waals surface area contributed by atoms with Crippen molar-refractivity contribution in [3.8, 4) is 0 Å². The number of amides is 1. The van der Waals surface area contributed by atoms with Crippen LogP contribution in [0.25, 0.3) is 0 Å². The molecule has 0 atom stereocenters. The number of rotatable bonds is 5. The third-order valence-electron chi connectivity index (χ3n) is 3.68. The molecule has 0 radical (unpaired) electrons. The number of para-hydroxylation sites is 1. The molecule has 0 aliphatic carbocycles. The molecule has 8 heteroatoms. The summed E-state index contributed by atoms with van der Waals surface area (Å²) in [5.41, 5.74) is 0.285. The molecular formula is C19H15F3N4O. The van der Waals surface area contributed by atoms with Crippen LogP contribution in [-0.4, -0.2) is 15.9 Å². The van der Waals surface area contributed by atoms with Crippen LogP contribution in [-0.2, 0) is 12.7 Å². The number of pyridine rings is 2. The van der Waals surface area contributed by atoms with Gasteiger partial charge in [-0.15, -0.1) is 0 Å². The Labute approximate surface area is 153 Å².